The number of carbonyl (C=O) groups excluding carboxylic acids is 1. The molecule has 0 saturated carbocycles. The normalized spacial score (nSPS) is 17.8. The second kappa shape index (κ2) is 7.34. The van der Waals surface area contributed by atoms with E-state index in [2.05, 4.69) is 5.32 Å². The molecule has 2 rings (SSSR count). The summed E-state index contributed by atoms with van der Waals surface area (Å²) in [5.41, 5.74) is -0.481. The van der Waals surface area contributed by atoms with E-state index in [0.29, 0.717) is 16.7 Å². The van der Waals surface area contributed by atoms with Crippen molar-refractivity contribution in [3.05, 3.63) is 29.3 Å². The fourth-order valence-corrected chi connectivity index (χ4v) is 2.92. The number of benzene rings is 1. The Morgan fingerprint density at radius 3 is 2.68 bits per heavy atom. The minimum Gasteiger partial charge on any atom is -0.479 e. The third-order valence-corrected chi connectivity index (χ3v) is 4.36. The maximum atomic E-state index is 12.3. The van der Waals surface area contributed by atoms with Crippen LogP contribution in [0.15, 0.2) is 24.3 Å². The van der Waals surface area contributed by atoms with Gasteiger partial charge in [0.15, 0.2) is 6.10 Å². The summed E-state index contributed by atoms with van der Waals surface area (Å²) in [5, 5.41) is 3.90. The molecule has 0 spiro atoms. The Kier molecular flexibility index (Phi) is 5.70. The monoisotopic (exact) mass is 325 g/mol. The summed E-state index contributed by atoms with van der Waals surface area (Å²) >= 11 is 5.91. The third-order valence-electron chi connectivity index (χ3n) is 4.13. The molecule has 122 valence electrons. The number of ether oxygens (including phenoxy) is 2. The van der Waals surface area contributed by atoms with Gasteiger partial charge in [-0.15, -0.1) is 0 Å². The Balaban J connectivity index is 1.92. The zero-order chi connectivity index (χ0) is 16.2. The maximum absolute atomic E-state index is 12.3. The predicted molar refractivity (Wildman–Crippen MR) is 87.3 cm³/mol. The molecule has 1 N–H and O–H groups in total. The zero-order valence-corrected chi connectivity index (χ0v) is 14.2. The van der Waals surface area contributed by atoms with Gasteiger partial charge in [0.2, 0.25) is 0 Å². The molecule has 1 fully saturated rings. The van der Waals surface area contributed by atoms with Gasteiger partial charge in [-0.1, -0.05) is 17.7 Å². The highest BCUT2D eigenvalue weighted by atomic mass is 35.5. The first-order valence-corrected chi connectivity index (χ1v) is 8.12. The number of hydrogen-bond donors (Lipinski definition) is 1. The van der Waals surface area contributed by atoms with Crippen molar-refractivity contribution in [2.45, 2.75) is 45.3 Å². The molecule has 0 radical (unpaired) electrons. The molecule has 4 nitrogen and oxygen atoms in total. The number of carbonyl (C=O) groups is 1. The average molecular weight is 326 g/mol. The first kappa shape index (κ1) is 17.1. The third kappa shape index (κ3) is 4.62. The maximum Gasteiger partial charge on any atom is 0.347 e. The van der Waals surface area contributed by atoms with Gasteiger partial charge in [0.1, 0.15) is 11.4 Å². The van der Waals surface area contributed by atoms with E-state index < -0.39 is 11.7 Å². The minimum atomic E-state index is -0.667. The lowest BCUT2D eigenvalue weighted by Crippen LogP contribution is -2.44. The van der Waals surface area contributed by atoms with Crippen LogP contribution in [0.25, 0.3) is 0 Å². The van der Waals surface area contributed by atoms with E-state index in [1.54, 1.807) is 31.2 Å². The second-order valence-corrected chi connectivity index (χ2v) is 6.70. The molecule has 22 heavy (non-hydrogen) atoms. The van der Waals surface area contributed by atoms with Crippen molar-refractivity contribution in [1.29, 1.82) is 0 Å². The van der Waals surface area contributed by atoms with Gasteiger partial charge in [-0.05, 0) is 64.9 Å². The fourth-order valence-electron chi connectivity index (χ4n) is 2.74. The summed E-state index contributed by atoms with van der Waals surface area (Å²) in [6.45, 7) is 7.60. The molecule has 1 aliphatic rings. The fraction of sp³-hybridized carbons (Fsp3) is 0.588. The zero-order valence-electron chi connectivity index (χ0n) is 13.4. The Morgan fingerprint density at radius 2 is 2.05 bits per heavy atom. The summed E-state index contributed by atoms with van der Waals surface area (Å²) < 4.78 is 11.3. The highest BCUT2D eigenvalue weighted by Gasteiger charge is 2.35. The lowest BCUT2D eigenvalue weighted by Gasteiger charge is -2.37. The Bertz CT molecular complexity index is 512. The first-order chi connectivity index (χ1) is 10.4. The van der Waals surface area contributed by atoms with Crippen molar-refractivity contribution in [3.8, 4) is 5.75 Å². The van der Waals surface area contributed by atoms with E-state index in [1.165, 1.54) is 0 Å². The van der Waals surface area contributed by atoms with Crippen LogP contribution in [-0.2, 0) is 9.53 Å². The van der Waals surface area contributed by atoms with Gasteiger partial charge in [-0.3, -0.25) is 0 Å². The van der Waals surface area contributed by atoms with Crippen molar-refractivity contribution in [2.75, 3.05) is 13.1 Å². The summed E-state index contributed by atoms with van der Waals surface area (Å²) in [6.07, 6.45) is 1.37. The van der Waals surface area contributed by atoms with Crippen LogP contribution in [0.4, 0.5) is 0 Å². The minimum absolute atomic E-state index is 0.344. The van der Waals surface area contributed by atoms with Gasteiger partial charge in [0.05, 0.1) is 0 Å². The van der Waals surface area contributed by atoms with Crippen molar-refractivity contribution < 1.29 is 14.3 Å². The van der Waals surface area contributed by atoms with E-state index in [1.807, 2.05) is 13.8 Å². The van der Waals surface area contributed by atoms with E-state index in [-0.39, 0.29) is 5.97 Å². The first-order valence-electron chi connectivity index (χ1n) is 7.74. The molecular weight excluding hydrogens is 302 g/mol. The summed E-state index contributed by atoms with van der Waals surface area (Å²) in [4.78, 5) is 12.3. The number of rotatable bonds is 5. The molecule has 1 saturated heterocycles. The van der Waals surface area contributed by atoms with Gasteiger partial charge >= 0.3 is 5.97 Å². The van der Waals surface area contributed by atoms with Crippen molar-refractivity contribution in [2.24, 2.45) is 5.92 Å². The van der Waals surface area contributed by atoms with Gasteiger partial charge < -0.3 is 14.8 Å². The van der Waals surface area contributed by atoms with Crippen LogP contribution < -0.4 is 10.1 Å². The molecule has 0 aliphatic carbocycles. The summed E-state index contributed by atoms with van der Waals surface area (Å²) in [5.74, 6) is 0.594. The number of halogens is 1. The van der Waals surface area contributed by atoms with Gasteiger partial charge in [0, 0.05) is 10.9 Å². The predicted octanol–water partition coefficient (Wildman–Crippen LogP) is 3.43. The molecule has 1 aromatic rings. The largest absolute Gasteiger partial charge is 0.479 e. The quantitative estimate of drug-likeness (QED) is 0.843. The number of hydrogen-bond acceptors (Lipinski definition) is 4. The van der Waals surface area contributed by atoms with Crippen molar-refractivity contribution in [1.82, 2.24) is 5.32 Å². The average Bonchev–Trinajstić information content (AvgIpc) is 2.47. The standard InChI is InChI=1S/C17H24ClNO3/c1-12(21-15-6-4-5-14(18)11-15)16(20)22-17(2,3)13-7-9-19-10-8-13/h4-6,11-13,19H,7-10H2,1-3H3. The van der Waals surface area contributed by atoms with E-state index >= 15 is 0 Å². The molecule has 1 unspecified atom stereocenters. The lowest BCUT2D eigenvalue weighted by atomic mass is 9.83. The molecule has 1 atom stereocenters. The van der Waals surface area contributed by atoms with Crippen molar-refractivity contribution >= 4 is 17.6 Å². The van der Waals surface area contributed by atoms with Crippen LogP contribution in [0.2, 0.25) is 5.02 Å². The topological polar surface area (TPSA) is 47.6 Å². The van der Waals surface area contributed by atoms with Crippen LogP contribution in [0.1, 0.15) is 33.6 Å². The van der Waals surface area contributed by atoms with Crippen LogP contribution in [0.5, 0.6) is 5.75 Å². The van der Waals surface area contributed by atoms with E-state index in [4.69, 9.17) is 21.1 Å². The Hall–Kier alpha value is -1.26. The molecule has 1 aromatic carbocycles. The summed E-state index contributed by atoms with van der Waals surface area (Å²) in [7, 11) is 0. The van der Waals surface area contributed by atoms with Crippen LogP contribution in [-0.4, -0.2) is 30.8 Å². The van der Waals surface area contributed by atoms with E-state index in [0.717, 1.165) is 25.9 Å². The molecule has 1 heterocycles. The Labute approximate surface area is 137 Å². The Morgan fingerprint density at radius 1 is 1.36 bits per heavy atom. The molecular formula is C17H24ClNO3. The van der Waals surface area contributed by atoms with Crippen LogP contribution in [0.3, 0.4) is 0 Å². The molecule has 1 aliphatic heterocycles. The summed E-state index contributed by atoms with van der Waals surface area (Å²) in [6, 6.07) is 7.00. The highest BCUT2D eigenvalue weighted by Crippen LogP contribution is 2.29. The second-order valence-electron chi connectivity index (χ2n) is 6.27. The molecule has 0 bridgehead atoms. The highest BCUT2D eigenvalue weighted by molar-refractivity contribution is 6.30. The number of esters is 1. The molecule has 0 amide bonds. The molecule has 5 heteroatoms. The van der Waals surface area contributed by atoms with E-state index in [9.17, 15) is 4.79 Å². The van der Waals surface area contributed by atoms with Crippen molar-refractivity contribution in [3.63, 3.8) is 0 Å². The van der Waals surface area contributed by atoms with Gasteiger partial charge in [-0.25, -0.2) is 4.79 Å². The SMILES string of the molecule is CC(Oc1cccc(Cl)c1)C(=O)OC(C)(C)C1CCNCC1. The van der Waals surface area contributed by atoms with Gasteiger partial charge in [-0.2, -0.15) is 0 Å². The van der Waals surface area contributed by atoms with Crippen LogP contribution >= 0.6 is 11.6 Å². The van der Waals surface area contributed by atoms with Crippen LogP contribution in [0, 0.1) is 5.92 Å². The smallest absolute Gasteiger partial charge is 0.347 e. The lowest BCUT2D eigenvalue weighted by molar-refractivity contribution is -0.170. The molecule has 0 aromatic heterocycles. The number of piperidine rings is 1. The number of nitrogens with one attached hydrogen (secondary N) is 1. The van der Waals surface area contributed by atoms with Gasteiger partial charge in [0.25, 0.3) is 0 Å².